The lowest BCUT2D eigenvalue weighted by atomic mass is 10.1. The van der Waals surface area contributed by atoms with E-state index in [1.807, 2.05) is 0 Å². The van der Waals surface area contributed by atoms with E-state index >= 15 is 0 Å². The molecule has 0 heterocycles. The van der Waals surface area contributed by atoms with E-state index in [0.29, 0.717) is 18.0 Å². The largest absolute Gasteiger partial charge is 0.496 e. The van der Waals surface area contributed by atoms with Crippen LogP contribution in [-0.4, -0.2) is 36.8 Å². The number of hydrogen-bond acceptors (Lipinski definition) is 2. The van der Waals surface area contributed by atoms with E-state index in [0.717, 1.165) is 11.3 Å². The van der Waals surface area contributed by atoms with Crippen molar-refractivity contribution < 1.29 is 14.6 Å². The summed E-state index contributed by atoms with van der Waals surface area (Å²) >= 11 is 5.87. The van der Waals surface area contributed by atoms with Crippen LogP contribution in [0.25, 0.3) is 0 Å². The van der Waals surface area contributed by atoms with Crippen LogP contribution in [-0.2, 0) is 6.42 Å². The van der Waals surface area contributed by atoms with Gasteiger partial charge in [0.2, 0.25) is 0 Å². The van der Waals surface area contributed by atoms with E-state index in [2.05, 4.69) is 0 Å². The summed E-state index contributed by atoms with van der Waals surface area (Å²) in [6.45, 7) is 0.409. The number of hydrogen-bond donors (Lipinski definition) is 1. The van der Waals surface area contributed by atoms with Gasteiger partial charge in [0.1, 0.15) is 5.75 Å². The highest BCUT2D eigenvalue weighted by Gasteiger charge is 2.08. The molecule has 0 saturated carbocycles. The standard InChI is InChI=1S/C11H14ClNO3/c1-13(11(14)15)6-5-8-7-9(12)3-4-10(8)16-2/h3-4,7H,5-6H2,1-2H3,(H,14,15). The number of methoxy groups -OCH3 is 1. The number of amides is 1. The molecule has 16 heavy (non-hydrogen) atoms. The summed E-state index contributed by atoms with van der Waals surface area (Å²) in [7, 11) is 3.10. The molecule has 1 amide bonds. The van der Waals surface area contributed by atoms with Gasteiger partial charge in [-0.05, 0) is 30.2 Å². The van der Waals surface area contributed by atoms with Crippen LogP contribution in [0.1, 0.15) is 5.56 Å². The Labute approximate surface area is 99.4 Å². The first-order valence-corrected chi connectivity index (χ1v) is 5.19. The van der Waals surface area contributed by atoms with Crippen molar-refractivity contribution in [2.45, 2.75) is 6.42 Å². The van der Waals surface area contributed by atoms with Crippen molar-refractivity contribution in [1.82, 2.24) is 4.90 Å². The van der Waals surface area contributed by atoms with E-state index < -0.39 is 6.09 Å². The van der Waals surface area contributed by atoms with Crippen LogP contribution in [0.2, 0.25) is 5.02 Å². The van der Waals surface area contributed by atoms with Gasteiger partial charge < -0.3 is 14.7 Å². The number of halogens is 1. The molecule has 0 aliphatic rings. The molecular formula is C11H14ClNO3. The zero-order valence-corrected chi connectivity index (χ0v) is 9.99. The second-order valence-electron chi connectivity index (χ2n) is 3.41. The van der Waals surface area contributed by atoms with Crippen LogP contribution in [0.3, 0.4) is 0 Å². The lowest BCUT2D eigenvalue weighted by Crippen LogP contribution is -2.26. The highest BCUT2D eigenvalue weighted by Crippen LogP contribution is 2.23. The van der Waals surface area contributed by atoms with Crippen molar-refractivity contribution in [1.29, 1.82) is 0 Å². The summed E-state index contributed by atoms with van der Waals surface area (Å²) in [5.74, 6) is 0.725. The van der Waals surface area contributed by atoms with E-state index in [1.165, 1.54) is 11.9 Å². The number of benzene rings is 1. The van der Waals surface area contributed by atoms with E-state index in [9.17, 15) is 4.79 Å². The number of carbonyl (C=O) groups is 1. The van der Waals surface area contributed by atoms with Crippen LogP contribution in [0.15, 0.2) is 18.2 Å². The zero-order chi connectivity index (χ0) is 12.1. The number of rotatable bonds is 4. The Morgan fingerprint density at radius 1 is 1.56 bits per heavy atom. The first-order valence-electron chi connectivity index (χ1n) is 4.81. The molecule has 0 saturated heterocycles. The highest BCUT2D eigenvalue weighted by atomic mass is 35.5. The van der Waals surface area contributed by atoms with Crippen LogP contribution in [0, 0.1) is 0 Å². The summed E-state index contributed by atoms with van der Waals surface area (Å²) in [5.41, 5.74) is 0.906. The molecule has 1 aromatic rings. The Bertz CT molecular complexity index is 381. The van der Waals surface area contributed by atoms with Crippen molar-refractivity contribution in [2.75, 3.05) is 20.7 Å². The molecule has 0 aliphatic heterocycles. The topological polar surface area (TPSA) is 49.8 Å². The van der Waals surface area contributed by atoms with Gasteiger partial charge in [0.25, 0.3) is 0 Å². The second-order valence-corrected chi connectivity index (χ2v) is 3.85. The minimum absolute atomic E-state index is 0.409. The SMILES string of the molecule is COc1ccc(Cl)cc1CCN(C)C(=O)O. The summed E-state index contributed by atoms with van der Waals surface area (Å²) in [5, 5.41) is 9.33. The molecule has 4 nitrogen and oxygen atoms in total. The molecule has 0 spiro atoms. The Hall–Kier alpha value is -1.42. The zero-order valence-electron chi connectivity index (χ0n) is 9.24. The molecule has 88 valence electrons. The van der Waals surface area contributed by atoms with Crippen molar-refractivity contribution in [2.24, 2.45) is 0 Å². The molecule has 0 bridgehead atoms. The lowest BCUT2D eigenvalue weighted by molar-refractivity contribution is 0.156. The fourth-order valence-corrected chi connectivity index (χ4v) is 1.52. The van der Waals surface area contributed by atoms with Gasteiger partial charge in [0.05, 0.1) is 7.11 Å². The van der Waals surface area contributed by atoms with Gasteiger partial charge in [-0.15, -0.1) is 0 Å². The monoisotopic (exact) mass is 243 g/mol. The van der Waals surface area contributed by atoms with Crippen molar-refractivity contribution in [3.63, 3.8) is 0 Å². The summed E-state index contributed by atoms with van der Waals surface area (Å²) < 4.78 is 5.17. The van der Waals surface area contributed by atoms with Gasteiger partial charge in [-0.25, -0.2) is 4.79 Å². The van der Waals surface area contributed by atoms with Crippen molar-refractivity contribution >= 4 is 17.7 Å². The molecule has 1 rings (SSSR count). The van der Waals surface area contributed by atoms with E-state index in [4.69, 9.17) is 21.4 Å². The van der Waals surface area contributed by atoms with Crippen molar-refractivity contribution in [3.05, 3.63) is 28.8 Å². The third-order valence-electron chi connectivity index (χ3n) is 2.29. The first-order chi connectivity index (χ1) is 7.54. The van der Waals surface area contributed by atoms with Gasteiger partial charge in [-0.3, -0.25) is 0 Å². The lowest BCUT2D eigenvalue weighted by Gasteiger charge is -2.14. The Morgan fingerprint density at radius 3 is 2.81 bits per heavy atom. The fraction of sp³-hybridized carbons (Fsp3) is 0.364. The summed E-state index contributed by atoms with van der Waals surface area (Å²) in [6, 6.07) is 5.30. The molecule has 5 heteroatoms. The summed E-state index contributed by atoms with van der Waals surface area (Å²) in [6.07, 6.45) is -0.368. The Balaban J connectivity index is 2.72. The molecule has 1 N–H and O–H groups in total. The molecule has 1 aromatic carbocycles. The Morgan fingerprint density at radius 2 is 2.25 bits per heavy atom. The third-order valence-corrected chi connectivity index (χ3v) is 2.52. The molecule has 0 atom stereocenters. The highest BCUT2D eigenvalue weighted by molar-refractivity contribution is 6.30. The number of nitrogens with zero attached hydrogens (tertiary/aromatic N) is 1. The third kappa shape index (κ3) is 3.31. The maximum Gasteiger partial charge on any atom is 0.407 e. The number of ether oxygens (including phenoxy) is 1. The predicted molar refractivity (Wildman–Crippen MR) is 62.4 cm³/mol. The molecule has 0 fully saturated rings. The first kappa shape index (κ1) is 12.6. The molecule has 0 radical (unpaired) electrons. The minimum atomic E-state index is -0.944. The van der Waals surface area contributed by atoms with Crippen molar-refractivity contribution in [3.8, 4) is 5.75 Å². The maximum absolute atomic E-state index is 10.6. The van der Waals surface area contributed by atoms with Gasteiger partial charge in [0, 0.05) is 18.6 Å². The summed E-state index contributed by atoms with van der Waals surface area (Å²) in [4.78, 5) is 11.8. The smallest absolute Gasteiger partial charge is 0.407 e. The predicted octanol–water partition coefficient (Wildman–Crippen LogP) is 2.50. The fourth-order valence-electron chi connectivity index (χ4n) is 1.33. The van der Waals surface area contributed by atoms with Gasteiger partial charge in [-0.2, -0.15) is 0 Å². The number of likely N-dealkylation sites (N-methyl/N-ethyl adjacent to an activating group) is 1. The van der Waals surface area contributed by atoms with Gasteiger partial charge in [0.15, 0.2) is 0 Å². The molecule has 0 unspecified atom stereocenters. The quantitative estimate of drug-likeness (QED) is 0.884. The van der Waals surface area contributed by atoms with Crippen LogP contribution in [0.4, 0.5) is 4.79 Å². The Kier molecular flexibility index (Phi) is 4.43. The van der Waals surface area contributed by atoms with Gasteiger partial charge in [-0.1, -0.05) is 11.6 Å². The molecular weight excluding hydrogens is 230 g/mol. The second kappa shape index (κ2) is 5.61. The number of carboxylic acid groups (broad SMARTS) is 1. The molecule has 0 aliphatic carbocycles. The van der Waals surface area contributed by atoms with Crippen LogP contribution < -0.4 is 4.74 Å². The average Bonchev–Trinajstić information content (AvgIpc) is 2.25. The molecule has 0 aromatic heterocycles. The normalized spacial score (nSPS) is 9.94. The van der Waals surface area contributed by atoms with E-state index in [-0.39, 0.29) is 0 Å². The maximum atomic E-state index is 10.6. The van der Waals surface area contributed by atoms with Crippen LogP contribution >= 0.6 is 11.6 Å². The van der Waals surface area contributed by atoms with Gasteiger partial charge >= 0.3 is 6.09 Å². The van der Waals surface area contributed by atoms with Crippen LogP contribution in [0.5, 0.6) is 5.75 Å². The minimum Gasteiger partial charge on any atom is -0.496 e. The van der Waals surface area contributed by atoms with E-state index in [1.54, 1.807) is 25.3 Å². The average molecular weight is 244 g/mol.